The predicted octanol–water partition coefficient (Wildman–Crippen LogP) is 6.46. The summed E-state index contributed by atoms with van der Waals surface area (Å²) in [6.45, 7) is 7.89. The Kier molecular flexibility index (Phi) is 12.5. The first kappa shape index (κ1) is 36.3. The minimum absolute atomic E-state index is 0. The van der Waals surface area contributed by atoms with Gasteiger partial charge in [0.1, 0.15) is 11.5 Å². The molecule has 256 valence electrons. The number of rotatable bonds is 12. The number of carbonyl (C=O) groups is 3. The van der Waals surface area contributed by atoms with Gasteiger partial charge < -0.3 is 34.5 Å². The molecule has 1 aliphatic rings. The Balaban J connectivity index is 0.00000520. The number of piperazine rings is 1. The number of amides is 3. The molecular formula is C37H46ClN5O5. The Morgan fingerprint density at radius 2 is 1.69 bits per heavy atom. The van der Waals surface area contributed by atoms with E-state index in [0.29, 0.717) is 47.0 Å². The molecule has 1 saturated heterocycles. The van der Waals surface area contributed by atoms with Crippen molar-refractivity contribution in [2.45, 2.75) is 39.5 Å². The van der Waals surface area contributed by atoms with Crippen molar-refractivity contribution in [2.75, 3.05) is 64.2 Å². The van der Waals surface area contributed by atoms with Gasteiger partial charge in [0.05, 0.1) is 25.1 Å². The number of ether oxygens (including phenoxy) is 2. The van der Waals surface area contributed by atoms with Crippen molar-refractivity contribution in [3.8, 4) is 11.5 Å². The second kappa shape index (κ2) is 16.5. The third-order valence-corrected chi connectivity index (χ3v) is 8.67. The van der Waals surface area contributed by atoms with Crippen LogP contribution in [0.3, 0.4) is 0 Å². The molecular weight excluding hydrogens is 630 g/mol. The molecule has 0 unspecified atom stereocenters. The van der Waals surface area contributed by atoms with Crippen LogP contribution in [0.2, 0.25) is 0 Å². The summed E-state index contributed by atoms with van der Waals surface area (Å²) in [6.07, 6.45) is 3.08. The summed E-state index contributed by atoms with van der Waals surface area (Å²) in [6, 6.07) is 18.2. The van der Waals surface area contributed by atoms with Gasteiger partial charge in [-0.15, -0.1) is 12.4 Å². The molecule has 48 heavy (non-hydrogen) atoms. The molecule has 3 amide bonds. The predicted molar refractivity (Wildman–Crippen MR) is 193 cm³/mol. The number of aromatic nitrogens is 1. The summed E-state index contributed by atoms with van der Waals surface area (Å²) < 4.78 is 11.8. The molecule has 0 saturated carbocycles. The van der Waals surface area contributed by atoms with Crippen LogP contribution in [0.1, 0.15) is 57.7 Å². The van der Waals surface area contributed by atoms with Gasteiger partial charge in [-0.1, -0.05) is 12.1 Å². The van der Waals surface area contributed by atoms with E-state index in [4.69, 9.17) is 9.47 Å². The molecule has 0 aliphatic carbocycles. The molecule has 0 atom stereocenters. The van der Waals surface area contributed by atoms with E-state index in [-0.39, 0.29) is 30.1 Å². The maximum atomic E-state index is 13.7. The van der Waals surface area contributed by atoms with Gasteiger partial charge in [0, 0.05) is 67.4 Å². The van der Waals surface area contributed by atoms with Gasteiger partial charge in [-0.2, -0.15) is 0 Å². The minimum atomic E-state index is -0.271. The van der Waals surface area contributed by atoms with E-state index < -0.39 is 0 Å². The molecule has 1 aromatic heterocycles. The summed E-state index contributed by atoms with van der Waals surface area (Å²) >= 11 is 0. The van der Waals surface area contributed by atoms with Crippen molar-refractivity contribution in [1.82, 2.24) is 14.8 Å². The van der Waals surface area contributed by atoms with Gasteiger partial charge in [0.2, 0.25) is 5.91 Å². The molecule has 0 radical (unpaired) electrons. The molecule has 5 rings (SSSR count). The Hall–Kier alpha value is -4.54. The Morgan fingerprint density at radius 3 is 2.44 bits per heavy atom. The number of aryl methyl sites for hydroxylation is 2. The van der Waals surface area contributed by atoms with Crippen LogP contribution in [0, 0.1) is 13.8 Å². The van der Waals surface area contributed by atoms with Crippen LogP contribution in [0.15, 0.2) is 60.7 Å². The first-order chi connectivity index (χ1) is 22.6. The van der Waals surface area contributed by atoms with Gasteiger partial charge in [-0.3, -0.25) is 14.4 Å². The monoisotopic (exact) mass is 675 g/mol. The summed E-state index contributed by atoms with van der Waals surface area (Å²) in [4.78, 5) is 48.5. The van der Waals surface area contributed by atoms with Crippen LogP contribution in [0.25, 0.3) is 10.9 Å². The Morgan fingerprint density at radius 1 is 0.917 bits per heavy atom. The number of unbranched alkanes of at least 4 members (excludes halogenated alkanes) is 2. The highest BCUT2D eigenvalue weighted by atomic mass is 35.5. The van der Waals surface area contributed by atoms with Gasteiger partial charge >= 0.3 is 0 Å². The van der Waals surface area contributed by atoms with Crippen LogP contribution in [0.4, 0.5) is 11.4 Å². The van der Waals surface area contributed by atoms with Crippen molar-refractivity contribution in [2.24, 2.45) is 0 Å². The van der Waals surface area contributed by atoms with Crippen molar-refractivity contribution in [1.29, 1.82) is 0 Å². The number of carbonyl (C=O) groups excluding carboxylic acids is 3. The quantitative estimate of drug-likeness (QED) is 0.167. The third kappa shape index (κ3) is 8.67. The lowest BCUT2D eigenvalue weighted by molar-refractivity contribution is -0.132. The molecule has 3 aromatic carbocycles. The van der Waals surface area contributed by atoms with Gasteiger partial charge in [0.15, 0.2) is 0 Å². The number of anilines is 2. The number of hydrogen-bond acceptors (Lipinski definition) is 6. The van der Waals surface area contributed by atoms with Crippen LogP contribution in [-0.4, -0.2) is 86.5 Å². The first-order valence-corrected chi connectivity index (χ1v) is 16.2. The highest BCUT2D eigenvalue weighted by molar-refractivity contribution is 6.13. The van der Waals surface area contributed by atoms with Gasteiger partial charge in [-0.25, -0.2) is 0 Å². The number of nitrogens with zero attached hydrogens (tertiary/aromatic N) is 3. The van der Waals surface area contributed by atoms with Gasteiger partial charge in [-0.05, 0) is 94.3 Å². The molecule has 1 aliphatic heterocycles. The number of benzene rings is 3. The van der Waals surface area contributed by atoms with Crippen molar-refractivity contribution in [3.05, 3.63) is 83.0 Å². The van der Waals surface area contributed by atoms with E-state index in [1.165, 1.54) is 7.11 Å². The smallest absolute Gasteiger partial charge is 0.258 e. The number of fused-ring (bicyclic) bond motifs is 1. The molecule has 2 heterocycles. The fourth-order valence-corrected chi connectivity index (χ4v) is 5.88. The SMILES string of the molecule is COc1cc(C(=O)N(C)c2ccc(C)cc2OCCCCCC(=O)N2CCN(C)CC2)ccc1NC(=O)c1cccc2[nH]c(C)cc12.Cl. The average Bonchev–Trinajstić information content (AvgIpc) is 3.46. The molecule has 1 fully saturated rings. The standard InChI is InChI=1S/C37H45N5O5.ClH/c1-25-13-16-32(34(22-25)47-21-8-6-7-12-35(43)42-19-17-40(3)18-20-42)41(4)37(45)27-14-15-31(33(24-27)46-5)39-36(44)28-10-9-11-30-29(28)23-26(2)38-30;/h9-11,13-16,22-24,38H,6-8,12,17-21H2,1-5H3,(H,39,44);1H. The molecule has 2 N–H and O–H groups in total. The lowest BCUT2D eigenvalue weighted by atomic mass is 10.1. The van der Waals surface area contributed by atoms with Crippen LogP contribution in [0.5, 0.6) is 11.5 Å². The number of halogens is 1. The van der Waals surface area contributed by atoms with E-state index in [9.17, 15) is 14.4 Å². The first-order valence-electron chi connectivity index (χ1n) is 16.2. The number of nitrogens with one attached hydrogen (secondary N) is 2. The Labute approximate surface area is 288 Å². The third-order valence-electron chi connectivity index (χ3n) is 8.67. The highest BCUT2D eigenvalue weighted by Crippen LogP contribution is 2.32. The van der Waals surface area contributed by atoms with E-state index in [1.54, 1.807) is 36.2 Å². The molecule has 0 bridgehead atoms. The maximum Gasteiger partial charge on any atom is 0.258 e. The number of methoxy groups -OCH3 is 1. The molecule has 0 spiro atoms. The molecule has 11 heteroatoms. The summed E-state index contributed by atoms with van der Waals surface area (Å²) in [7, 11) is 5.30. The minimum Gasteiger partial charge on any atom is -0.495 e. The summed E-state index contributed by atoms with van der Waals surface area (Å²) in [5.74, 6) is 0.717. The van der Waals surface area contributed by atoms with E-state index in [0.717, 1.165) is 67.6 Å². The summed E-state index contributed by atoms with van der Waals surface area (Å²) in [5, 5.41) is 3.77. The second-order valence-electron chi connectivity index (χ2n) is 12.3. The Bertz CT molecular complexity index is 1750. The normalized spacial score (nSPS) is 13.1. The number of hydrogen-bond donors (Lipinski definition) is 2. The number of aromatic amines is 1. The zero-order valence-corrected chi connectivity index (χ0v) is 29.2. The van der Waals surface area contributed by atoms with E-state index in [1.807, 2.05) is 55.1 Å². The molecule has 4 aromatic rings. The zero-order chi connectivity index (χ0) is 33.5. The van der Waals surface area contributed by atoms with Gasteiger partial charge in [0.25, 0.3) is 11.8 Å². The largest absolute Gasteiger partial charge is 0.495 e. The highest BCUT2D eigenvalue weighted by Gasteiger charge is 2.21. The lowest BCUT2D eigenvalue weighted by Crippen LogP contribution is -2.47. The fourth-order valence-electron chi connectivity index (χ4n) is 5.88. The topological polar surface area (TPSA) is 107 Å². The van der Waals surface area contributed by atoms with Crippen LogP contribution < -0.4 is 19.7 Å². The summed E-state index contributed by atoms with van der Waals surface area (Å²) in [5.41, 5.74) is 4.94. The lowest BCUT2D eigenvalue weighted by Gasteiger charge is -2.32. The van der Waals surface area contributed by atoms with E-state index >= 15 is 0 Å². The van der Waals surface area contributed by atoms with Crippen molar-refractivity contribution >= 4 is 52.4 Å². The fraction of sp³-hybridized carbons (Fsp3) is 0.378. The van der Waals surface area contributed by atoms with E-state index in [2.05, 4.69) is 22.2 Å². The number of H-pyrrole nitrogens is 1. The second-order valence-corrected chi connectivity index (χ2v) is 12.3. The zero-order valence-electron chi connectivity index (χ0n) is 28.4. The van der Waals surface area contributed by atoms with Crippen LogP contribution in [-0.2, 0) is 4.79 Å². The molecule has 10 nitrogen and oxygen atoms in total. The maximum absolute atomic E-state index is 13.7. The van der Waals surface area contributed by atoms with Crippen molar-refractivity contribution in [3.63, 3.8) is 0 Å². The van der Waals surface area contributed by atoms with Crippen LogP contribution >= 0.6 is 12.4 Å². The average molecular weight is 676 g/mol. The van der Waals surface area contributed by atoms with Crippen molar-refractivity contribution < 1.29 is 23.9 Å². The number of likely N-dealkylation sites (N-methyl/N-ethyl adjacent to an activating group) is 1.